The van der Waals surface area contributed by atoms with Crippen LogP contribution in [0.3, 0.4) is 0 Å². The molecule has 3 heterocycles. The van der Waals surface area contributed by atoms with Crippen molar-refractivity contribution < 1.29 is 0 Å². The van der Waals surface area contributed by atoms with Gasteiger partial charge in [-0.15, -0.1) is 0 Å². The first-order chi connectivity index (χ1) is 7.43. The second-order valence-electron chi connectivity index (χ2n) is 3.22. The predicted octanol–water partition coefficient (Wildman–Crippen LogP) is 2.02. The van der Waals surface area contributed by atoms with Crippen LogP contribution in [0.4, 0.5) is 0 Å². The Hall–Kier alpha value is -2.23. The van der Waals surface area contributed by atoms with Crippen molar-refractivity contribution >= 4 is 11.0 Å². The number of hydrogen-bond donors (Lipinski definition) is 1. The molecule has 4 nitrogen and oxygen atoms in total. The van der Waals surface area contributed by atoms with Gasteiger partial charge in [-0.1, -0.05) is 0 Å². The summed E-state index contributed by atoms with van der Waals surface area (Å²) < 4.78 is 0. The molecule has 0 amide bonds. The molecule has 0 fully saturated rings. The van der Waals surface area contributed by atoms with Gasteiger partial charge in [-0.25, -0.2) is 4.98 Å². The van der Waals surface area contributed by atoms with Crippen molar-refractivity contribution in [2.75, 3.05) is 0 Å². The number of pyridine rings is 2. The van der Waals surface area contributed by atoms with E-state index < -0.39 is 0 Å². The highest BCUT2D eigenvalue weighted by atomic mass is 14.9. The molecule has 0 atom stereocenters. The molecule has 0 spiro atoms. The van der Waals surface area contributed by atoms with Crippen molar-refractivity contribution in [3.63, 3.8) is 0 Å². The third-order valence-corrected chi connectivity index (χ3v) is 2.22. The van der Waals surface area contributed by atoms with Gasteiger partial charge in [0.15, 0.2) is 0 Å². The minimum absolute atomic E-state index is 0.825. The molecule has 3 aromatic heterocycles. The van der Waals surface area contributed by atoms with Crippen molar-refractivity contribution in [2.45, 2.75) is 0 Å². The van der Waals surface area contributed by atoms with Gasteiger partial charge in [-0.2, -0.15) is 0 Å². The zero-order chi connectivity index (χ0) is 10.1. The van der Waals surface area contributed by atoms with Crippen LogP contribution < -0.4 is 0 Å². The van der Waals surface area contributed by atoms with Crippen molar-refractivity contribution in [2.24, 2.45) is 0 Å². The minimum Gasteiger partial charge on any atom is -0.337 e. The van der Waals surface area contributed by atoms with Crippen LogP contribution in [0.15, 0.2) is 43.0 Å². The lowest BCUT2D eigenvalue weighted by atomic mass is 10.3. The second-order valence-corrected chi connectivity index (χ2v) is 3.22. The topological polar surface area (TPSA) is 54.5 Å². The molecule has 72 valence electrons. The van der Waals surface area contributed by atoms with E-state index >= 15 is 0 Å². The third-order valence-electron chi connectivity index (χ3n) is 2.22. The van der Waals surface area contributed by atoms with Gasteiger partial charge in [-0.05, 0) is 18.2 Å². The van der Waals surface area contributed by atoms with Crippen molar-refractivity contribution in [1.82, 2.24) is 19.9 Å². The summed E-state index contributed by atoms with van der Waals surface area (Å²) in [6, 6.07) is 5.74. The molecule has 0 aliphatic carbocycles. The number of H-pyrrole nitrogens is 1. The maximum absolute atomic E-state index is 4.45. The van der Waals surface area contributed by atoms with E-state index in [9.17, 15) is 0 Å². The molecular weight excluding hydrogens is 188 g/mol. The summed E-state index contributed by atoms with van der Waals surface area (Å²) >= 11 is 0. The lowest BCUT2D eigenvalue weighted by molar-refractivity contribution is 1.27. The predicted molar refractivity (Wildman–Crippen MR) is 57.1 cm³/mol. The van der Waals surface area contributed by atoms with E-state index in [-0.39, 0.29) is 0 Å². The van der Waals surface area contributed by atoms with Crippen LogP contribution in [0.1, 0.15) is 0 Å². The number of aromatic nitrogens is 4. The number of imidazole rings is 1. The van der Waals surface area contributed by atoms with Gasteiger partial charge < -0.3 is 4.98 Å². The van der Waals surface area contributed by atoms with Gasteiger partial charge in [0.05, 0.1) is 17.2 Å². The van der Waals surface area contributed by atoms with Crippen molar-refractivity contribution in [1.29, 1.82) is 0 Å². The largest absolute Gasteiger partial charge is 0.337 e. The third kappa shape index (κ3) is 1.36. The Morgan fingerprint density at radius 2 is 1.93 bits per heavy atom. The fraction of sp³-hybridized carbons (Fsp3) is 0. The Morgan fingerprint density at radius 3 is 2.73 bits per heavy atom. The highest BCUT2D eigenvalue weighted by molar-refractivity contribution is 5.77. The van der Waals surface area contributed by atoms with Gasteiger partial charge in [0.2, 0.25) is 0 Å². The van der Waals surface area contributed by atoms with E-state index in [0.717, 1.165) is 22.4 Å². The lowest BCUT2D eigenvalue weighted by Gasteiger charge is -1.92. The molecule has 0 saturated carbocycles. The summed E-state index contributed by atoms with van der Waals surface area (Å²) in [5.74, 6) is 0.825. The average Bonchev–Trinajstić information content (AvgIpc) is 2.74. The summed E-state index contributed by atoms with van der Waals surface area (Å²) in [6.07, 6.45) is 7.03. The Bertz CT molecular complexity index is 553. The highest BCUT2D eigenvalue weighted by Gasteiger charge is 2.03. The van der Waals surface area contributed by atoms with E-state index in [1.54, 1.807) is 24.8 Å². The Balaban J connectivity index is 2.21. The summed E-state index contributed by atoms with van der Waals surface area (Å²) in [7, 11) is 0. The van der Waals surface area contributed by atoms with Gasteiger partial charge >= 0.3 is 0 Å². The second kappa shape index (κ2) is 3.16. The van der Waals surface area contributed by atoms with Crippen LogP contribution in [-0.2, 0) is 0 Å². The number of rotatable bonds is 1. The van der Waals surface area contributed by atoms with E-state index in [1.807, 2.05) is 18.2 Å². The number of hydrogen-bond acceptors (Lipinski definition) is 3. The van der Waals surface area contributed by atoms with Gasteiger partial charge in [-0.3, -0.25) is 9.97 Å². The summed E-state index contributed by atoms with van der Waals surface area (Å²) in [6.45, 7) is 0. The highest BCUT2D eigenvalue weighted by Crippen LogP contribution is 2.17. The molecule has 0 aliphatic rings. The smallest absolute Gasteiger partial charge is 0.140 e. The first kappa shape index (κ1) is 8.11. The van der Waals surface area contributed by atoms with Gasteiger partial charge in [0.25, 0.3) is 0 Å². The molecule has 0 bridgehead atoms. The normalized spacial score (nSPS) is 10.7. The molecule has 3 aromatic rings. The quantitative estimate of drug-likeness (QED) is 0.647. The zero-order valence-electron chi connectivity index (χ0n) is 7.88. The first-order valence-electron chi connectivity index (χ1n) is 4.63. The number of nitrogens with one attached hydrogen (secondary N) is 1. The molecule has 0 unspecified atom stereocenters. The molecule has 0 saturated heterocycles. The van der Waals surface area contributed by atoms with Crippen LogP contribution >= 0.6 is 0 Å². The maximum atomic E-state index is 4.45. The van der Waals surface area contributed by atoms with E-state index in [4.69, 9.17) is 0 Å². The van der Waals surface area contributed by atoms with Crippen LogP contribution in [-0.4, -0.2) is 19.9 Å². The summed E-state index contributed by atoms with van der Waals surface area (Å²) in [4.78, 5) is 15.7. The van der Waals surface area contributed by atoms with Crippen LogP contribution in [0.5, 0.6) is 0 Å². The fourth-order valence-corrected chi connectivity index (χ4v) is 1.50. The van der Waals surface area contributed by atoms with Crippen molar-refractivity contribution in [3.05, 3.63) is 43.0 Å². The Morgan fingerprint density at radius 1 is 1.00 bits per heavy atom. The minimum atomic E-state index is 0.825. The Labute approximate surface area is 86.0 Å². The number of fused-ring (bicyclic) bond motifs is 1. The molecule has 4 heteroatoms. The standard InChI is InChI=1S/C11H8N4/c1-2-8(6-12-4-1)11-14-9-3-5-13-7-10(9)15-11/h1-7H,(H,14,15). The van der Waals surface area contributed by atoms with Crippen LogP contribution in [0.2, 0.25) is 0 Å². The van der Waals surface area contributed by atoms with Gasteiger partial charge in [0, 0.05) is 24.2 Å². The van der Waals surface area contributed by atoms with E-state index in [2.05, 4.69) is 19.9 Å². The first-order valence-corrected chi connectivity index (χ1v) is 4.63. The van der Waals surface area contributed by atoms with E-state index in [0.29, 0.717) is 0 Å². The maximum Gasteiger partial charge on any atom is 0.140 e. The molecule has 1 N–H and O–H groups in total. The molecule has 0 radical (unpaired) electrons. The monoisotopic (exact) mass is 196 g/mol. The molecular formula is C11H8N4. The fourth-order valence-electron chi connectivity index (χ4n) is 1.50. The van der Waals surface area contributed by atoms with E-state index in [1.165, 1.54) is 0 Å². The molecule has 0 aliphatic heterocycles. The van der Waals surface area contributed by atoms with Crippen molar-refractivity contribution in [3.8, 4) is 11.4 Å². The SMILES string of the molecule is c1cncc(-c2nc3ccncc3[nH]2)c1. The Kier molecular flexibility index (Phi) is 1.71. The summed E-state index contributed by atoms with van der Waals surface area (Å²) in [5.41, 5.74) is 2.84. The number of nitrogens with zero attached hydrogens (tertiary/aromatic N) is 3. The van der Waals surface area contributed by atoms with Crippen LogP contribution in [0, 0.1) is 0 Å². The zero-order valence-corrected chi connectivity index (χ0v) is 7.88. The number of aromatic amines is 1. The molecule has 3 rings (SSSR count). The van der Waals surface area contributed by atoms with Crippen LogP contribution in [0.25, 0.3) is 22.4 Å². The molecule has 15 heavy (non-hydrogen) atoms. The van der Waals surface area contributed by atoms with Gasteiger partial charge in [0.1, 0.15) is 5.82 Å². The summed E-state index contributed by atoms with van der Waals surface area (Å²) in [5, 5.41) is 0. The lowest BCUT2D eigenvalue weighted by Crippen LogP contribution is -1.80. The average molecular weight is 196 g/mol. The molecule has 0 aromatic carbocycles.